The highest BCUT2D eigenvalue weighted by Gasteiger charge is 2.14. The van der Waals surface area contributed by atoms with Gasteiger partial charge in [-0.05, 0) is 19.1 Å². The molecule has 1 saturated heterocycles. The van der Waals surface area contributed by atoms with Crippen LogP contribution in [0.4, 0.5) is 5.69 Å². The molecule has 1 aromatic carbocycles. The van der Waals surface area contributed by atoms with Gasteiger partial charge in [0.1, 0.15) is 0 Å². The summed E-state index contributed by atoms with van der Waals surface area (Å²) in [6.07, 6.45) is 0. The first-order chi connectivity index (χ1) is 6.75. The molecule has 1 aliphatic rings. The maximum atomic E-state index is 2.45. The minimum Gasteiger partial charge on any atom is -0.369 e. The molecule has 0 amide bonds. The lowest BCUT2D eigenvalue weighted by atomic mass is 10.2. The molecule has 76 valence electrons. The number of benzene rings is 1. The van der Waals surface area contributed by atoms with Gasteiger partial charge in [0, 0.05) is 54.7 Å². The molecule has 0 aromatic heterocycles. The van der Waals surface area contributed by atoms with Crippen LogP contribution in [0, 0.1) is 6.92 Å². The Labute approximate surface area is 99.4 Å². The van der Waals surface area contributed by atoms with Crippen molar-refractivity contribution >= 4 is 28.6 Å². The zero-order valence-corrected chi connectivity index (χ0v) is 10.6. The Balaban J connectivity index is 2.05. The highest BCUT2D eigenvalue weighted by atomic mass is 127. The Morgan fingerprint density at radius 1 is 1.00 bits per heavy atom. The third kappa shape index (κ3) is 2.39. The van der Waals surface area contributed by atoms with E-state index in [1.165, 1.54) is 11.3 Å². The van der Waals surface area contributed by atoms with Crippen molar-refractivity contribution in [2.24, 2.45) is 0 Å². The van der Waals surface area contributed by atoms with Gasteiger partial charge in [0.2, 0.25) is 0 Å². The van der Waals surface area contributed by atoms with E-state index in [1.54, 1.807) is 0 Å². The van der Waals surface area contributed by atoms with Crippen molar-refractivity contribution in [2.45, 2.75) is 6.92 Å². The second-order valence-electron chi connectivity index (χ2n) is 3.73. The molecule has 2 rings (SSSR count). The van der Waals surface area contributed by atoms with Crippen molar-refractivity contribution < 1.29 is 0 Å². The van der Waals surface area contributed by atoms with Gasteiger partial charge in [-0.25, -0.2) is 3.11 Å². The van der Waals surface area contributed by atoms with Gasteiger partial charge < -0.3 is 4.90 Å². The topological polar surface area (TPSA) is 6.48 Å². The average Bonchev–Trinajstić information content (AvgIpc) is 2.21. The lowest BCUT2D eigenvalue weighted by Gasteiger charge is -2.32. The monoisotopic (exact) mass is 302 g/mol. The van der Waals surface area contributed by atoms with E-state index in [2.05, 4.69) is 62.1 Å². The summed E-state index contributed by atoms with van der Waals surface area (Å²) in [5.41, 5.74) is 2.70. The summed E-state index contributed by atoms with van der Waals surface area (Å²) >= 11 is 2.40. The van der Waals surface area contributed by atoms with Crippen LogP contribution in [0.5, 0.6) is 0 Å². The minimum absolute atomic E-state index is 1.14. The lowest BCUT2D eigenvalue weighted by molar-refractivity contribution is 0.460. The third-order valence-electron chi connectivity index (χ3n) is 2.62. The quantitative estimate of drug-likeness (QED) is 0.581. The van der Waals surface area contributed by atoms with Crippen molar-refractivity contribution in [3.63, 3.8) is 0 Å². The van der Waals surface area contributed by atoms with Crippen molar-refractivity contribution in [2.75, 3.05) is 31.1 Å². The molecule has 14 heavy (non-hydrogen) atoms. The molecule has 0 spiro atoms. The zero-order valence-electron chi connectivity index (χ0n) is 8.41. The fraction of sp³-hybridized carbons (Fsp3) is 0.455. The predicted octanol–water partition coefficient (Wildman–Crippen LogP) is 2.47. The molecule has 0 bridgehead atoms. The maximum absolute atomic E-state index is 2.45. The Morgan fingerprint density at radius 3 is 2.14 bits per heavy atom. The molecule has 1 aromatic rings. The van der Waals surface area contributed by atoms with E-state index < -0.39 is 0 Å². The number of rotatable bonds is 1. The van der Waals surface area contributed by atoms with Gasteiger partial charge >= 0.3 is 0 Å². The summed E-state index contributed by atoms with van der Waals surface area (Å²) < 4.78 is 2.35. The molecule has 0 atom stereocenters. The van der Waals surface area contributed by atoms with E-state index in [-0.39, 0.29) is 0 Å². The summed E-state index contributed by atoms with van der Waals surface area (Å²) in [5, 5.41) is 0. The molecule has 1 aliphatic heterocycles. The number of piperazine rings is 1. The molecule has 0 N–H and O–H groups in total. The smallest absolute Gasteiger partial charge is 0.0367 e. The predicted molar refractivity (Wildman–Crippen MR) is 69.0 cm³/mol. The summed E-state index contributed by atoms with van der Waals surface area (Å²) in [7, 11) is 0. The van der Waals surface area contributed by atoms with E-state index in [0.717, 1.165) is 26.2 Å². The minimum atomic E-state index is 1.14. The molecule has 1 fully saturated rings. The highest BCUT2D eigenvalue weighted by Crippen LogP contribution is 2.17. The Bertz CT molecular complexity index is 289. The molecule has 3 heteroatoms. The normalized spacial score (nSPS) is 18.6. The van der Waals surface area contributed by atoms with E-state index in [0.29, 0.717) is 0 Å². The molecule has 0 aliphatic carbocycles. The Kier molecular flexibility index (Phi) is 3.28. The van der Waals surface area contributed by atoms with Crippen LogP contribution in [0.1, 0.15) is 5.56 Å². The SMILES string of the molecule is Cc1ccc(N2CCN(I)CC2)cc1. The number of anilines is 1. The second kappa shape index (κ2) is 4.49. The number of aryl methyl sites for hydroxylation is 1. The van der Waals surface area contributed by atoms with Gasteiger partial charge in [0.05, 0.1) is 0 Å². The number of hydrogen-bond donors (Lipinski definition) is 0. The first-order valence-electron chi connectivity index (χ1n) is 4.98. The Morgan fingerprint density at radius 2 is 1.57 bits per heavy atom. The fourth-order valence-electron chi connectivity index (χ4n) is 1.70. The molecule has 0 saturated carbocycles. The van der Waals surface area contributed by atoms with Gasteiger partial charge in [-0.15, -0.1) is 0 Å². The first kappa shape index (κ1) is 10.2. The lowest BCUT2D eigenvalue weighted by Crippen LogP contribution is -2.42. The Hall–Kier alpha value is -0.290. The zero-order chi connectivity index (χ0) is 9.97. The summed E-state index contributed by atoms with van der Waals surface area (Å²) in [4.78, 5) is 2.45. The van der Waals surface area contributed by atoms with Gasteiger partial charge in [-0.3, -0.25) is 0 Å². The van der Waals surface area contributed by atoms with Crippen molar-refractivity contribution in [3.8, 4) is 0 Å². The van der Waals surface area contributed by atoms with Crippen LogP contribution in [-0.4, -0.2) is 29.3 Å². The van der Waals surface area contributed by atoms with Crippen LogP contribution in [0.2, 0.25) is 0 Å². The highest BCUT2D eigenvalue weighted by molar-refractivity contribution is 14.1. The van der Waals surface area contributed by atoms with E-state index in [4.69, 9.17) is 0 Å². The molecular formula is C11H15IN2. The first-order valence-corrected chi connectivity index (χ1v) is 5.94. The second-order valence-corrected chi connectivity index (χ2v) is 5.10. The van der Waals surface area contributed by atoms with Gasteiger partial charge in [-0.1, -0.05) is 17.7 Å². The van der Waals surface area contributed by atoms with E-state index in [9.17, 15) is 0 Å². The van der Waals surface area contributed by atoms with Crippen LogP contribution in [0.25, 0.3) is 0 Å². The van der Waals surface area contributed by atoms with Gasteiger partial charge in [0.15, 0.2) is 0 Å². The number of hydrogen-bond acceptors (Lipinski definition) is 2. The van der Waals surface area contributed by atoms with Crippen molar-refractivity contribution in [1.29, 1.82) is 0 Å². The molecule has 2 nitrogen and oxygen atoms in total. The average molecular weight is 302 g/mol. The molecular weight excluding hydrogens is 287 g/mol. The molecule has 0 radical (unpaired) electrons. The third-order valence-corrected chi connectivity index (χ3v) is 3.59. The maximum Gasteiger partial charge on any atom is 0.0367 e. The van der Waals surface area contributed by atoms with E-state index in [1.807, 2.05) is 0 Å². The summed E-state index contributed by atoms with van der Waals surface area (Å²) in [6.45, 7) is 6.74. The molecule has 1 heterocycles. The number of halogens is 1. The standard InChI is InChI=1S/C11H15IN2/c1-10-2-4-11(5-3-10)13-6-8-14(12)9-7-13/h2-5H,6-9H2,1H3. The van der Waals surface area contributed by atoms with Crippen LogP contribution in [0.3, 0.4) is 0 Å². The van der Waals surface area contributed by atoms with Gasteiger partial charge in [-0.2, -0.15) is 0 Å². The molecule has 0 unspecified atom stereocenters. The van der Waals surface area contributed by atoms with Crippen molar-refractivity contribution in [3.05, 3.63) is 29.8 Å². The van der Waals surface area contributed by atoms with Crippen LogP contribution >= 0.6 is 22.9 Å². The van der Waals surface area contributed by atoms with Gasteiger partial charge in [0.25, 0.3) is 0 Å². The largest absolute Gasteiger partial charge is 0.369 e. The van der Waals surface area contributed by atoms with E-state index >= 15 is 0 Å². The van der Waals surface area contributed by atoms with Crippen LogP contribution < -0.4 is 4.90 Å². The van der Waals surface area contributed by atoms with Crippen LogP contribution in [-0.2, 0) is 0 Å². The van der Waals surface area contributed by atoms with Crippen LogP contribution in [0.15, 0.2) is 24.3 Å². The fourth-order valence-corrected chi connectivity index (χ4v) is 2.13. The summed E-state index contributed by atoms with van der Waals surface area (Å²) in [6, 6.07) is 8.81. The number of nitrogens with zero attached hydrogens (tertiary/aromatic N) is 2. The van der Waals surface area contributed by atoms with Crippen molar-refractivity contribution in [1.82, 2.24) is 3.11 Å². The summed E-state index contributed by atoms with van der Waals surface area (Å²) in [5.74, 6) is 0.